The number of nitrogens with one attached hydrogen (secondary N) is 1. The molecular weight excluding hydrogens is 184 g/mol. The van der Waals surface area contributed by atoms with Gasteiger partial charge in [0, 0.05) is 6.07 Å². The molecular formula is C9H10N2O3. The number of carbonyl (C=O) groups is 1. The van der Waals surface area contributed by atoms with Gasteiger partial charge in [-0.3, -0.25) is 9.59 Å². The molecule has 0 radical (unpaired) electrons. The number of nitrogens with zero attached hydrogens (tertiary/aromatic N) is 1. The Balaban J connectivity index is 2.56. The molecule has 14 heavy (non-hydrogen) atoms. The molecule has 1 aromatic rings. The molecule has 1 aromatic heterocycles. The van der Waals surface area contributed by atoms with E-state index in [0.29, 0.717) is 5.69 Å². The van der Waals surface area contributed by atoms with Crippen LogP contribution >= 0.6 is 0 Å². The highest BCUT2D eigenvalue weighted by molar-refractivity contribution is 5.72. The lowest BCUT2D eigenvalue weighted by atomic mass is 10.3. The molecule has 1 rings (SSSR count). The number of ether oxygens (including phenoxy) is 1. The van der Waals surface area contributed by atoms with Crippen LogP contribution in [0.5, 0.6) is 0 Å². The molecule has 0 atom stereocenters. The number of rotatable bonds is 3. The maximum absolute atomic E-state index is 10.7. The van der Waals surface area contributed by atoms with Crippen molar-refractivity contribution in [3.8, 4) is 0 Å². The van der Waals surface area contributed by atoms with E-state index in [4.69, 9.17) is 0 Å². The molecule has 0 aliphatic rings. The standard InChI is InChI=1S/C9H10N2O3/c1-14-9(13)4-2-3-7-5-6-8(12)11-10-7/h2-3,5-6H,4H2,1H3,(H,11,12). The monoisotopic (exact) mass is 194 g/mol. The van der Waals surface area contributed by atoms with Crippen LogP contribution < -0.4 is 5.56 Å². The molecule has 5 nitrogen and oxygen atoms in total. The van der Waals surface area contributed by atoms with Crippen LogP contribution in [0.3, 0.4) is 0 Å². The Morgan fingerprint density at radius 1 is 1.64 bits per heavy atom. The van der Waals surface area contributed by atoms with Crippen molar-refractivity contribution >= 4 is 12.0 Å². The minimum absolute atomic E-state index is 0.192. The highest BCUT2D eigenvalue weighted by atomic mass is 16.5. The topological polar surface area (TPSA) is 72.1 Å². The van der Waals surface area contributed by atoms with E-state index in [-0.39, 0.29) is 17.9 Å². The number of H-pyrrole nitrogens is 1. The molecule has 1 N–H and O–H groups in total. The first-order chi connectivity index (χ1) is 6.72. The predicted octanol–water partition coefficient (Wildman–Crippen LogP) is 0.346. The average molecular weight is 194 g/mol. The van der Waals surface area contributed by atoms with Crippen molar-refractivity contribution < 1.29 is 9.53 Å². The number of hydrogen-bond donors (Lipinski definition) is 1. The summed E-state index contributed by atoms with van der Waals surface area (Å²) in [6.45, 7) is 0. The van der Waals surface area contributed by atoms with Crippen LogP contribution in [0.25, 0.3) is 6.08 Å². The Bertz CT molecular complexity index is 375. The summed E-state index contributed by atoms with van der Waals surface area (Å²) in [5, 5.41) is 6.00. The summed E-state index contributed by atoms with van der Waals surface area (Å²) in [7, 11) is 1.33. The Kier molecular flexibility index (Phi) is 3.60. The second-order valence-corrected chi connectivity index (χ2v) is 2.53. The van der Waals surface area contributed by atoms with Crippen molar-refractivity contribution in [2.45, 2.75) is 6.42 Å². The van der Waals surface area contributed by atoms with Gasteiger partial charge in [-0.15, -0.1) is 0 Å². The molecule has 0 amide bonds. The zero-order valence-electron chi connectivity index (χ0n) is 7.69. The summed E-state index contributed by atoms with van der Waals surface area (Å²) < 4.78 is 4.44. The van der Waals surface area contributed by atoms with Gasteiger partial charge in [-0.25, -0.2) is 5.10 Å². The third kappa shape index (κ3) is 3.22. The fraction of sp³-hybridized carbons (Fsp3) is 0.222. The molecule has 0 bridgehead atoms. The largest absolute Gasteiger partial charge is 0.469 e. The summed E-state index contributed by atoms with van der Waals surface area (Å²) >= 11 is 0. The van der Waals surface area contributed by atoms with Gasteiger partial charge in [0.05, 0.1) is 19.2 Å². The molecule has 0 aromatic carbocycles. The molecule has 0 saturated carbocycles. The summed E-state index contributed by atoms with van der Waals surface area (Å²) in [5.74, 6) is -0.314. The molecule has 1 heterocycles. The second kappa shape index (κ2) is 4.96. The van der Waals surface area contributed by atoms with Gasteiger partial charge in [0.1, 0.15) is 0 Å². The van der Waals surface area contributed by atoms with Crippen molar-refractivity contribution in [2.24, 2.45) is 0 Å². The first-order valence-corrected chi connectivity index (χ1v) is 4.01. The van der Waals surface area contributed by atoms with E-state index < -0.39 is 0 Å². The fourth-order valence-electron chi connectivity index (χ4n) is 0.807. The van der Waals surface area contributed by atoms with Crippen LogP contribution in [-0.4, -0.2) is 23.3 Å². The van der Waals surface area contributed by atoms with E-state index in [1.165, 1.54) is 13.2 Å². The number of hydrogen-bond acceptors (Lipinski definition) is 4. The second-order valence-electron chi connectivity index (χ2n) is 2.53. The van der Waals surface area contributed by atoms with Crippen LogP contribution in [0.2, 0.25) is 0 Å². The fourth-order valence-corrected chi connectivity index (χ4v) is 0.807. The smallest absolute Gasteiger partial charge is 0.309 e. The normalized spacial score (nSPS) is 10.4. The molecule has 0 saturated heterocycles. The molecule has 0 spiro atoms. The van der Waals surface area contributed by atoms with Gasteiger partial charge < -0.3 is 4.74 Å². The van der Waals surface area contributed by atoms with Gasteiger partial charge in [-0.1, -0.05) is 6.08 Å². The minimum atomic E-state index is -0.314. The van der Waals surface area contributed by atoms with Crippen molar-refractivity contribution in [3.05, 3.63) is 34.3 Å². The molecule has 0 unspecified atom stereocenters. The van der Waals surface area contributed by atoms with E-state index in [2.05, 4.69) is 14.9 Å². The lowest BCUT2D eigenvalue weighted by Gasteiger charge is -1.92. The van der Waals surface area contributed by atoms with Gasteiger partial charge in [-0.2, -0.15) is 5.10 Å². The minimum Gasteiger partial charge on any atom is -0.469 e. The van der Waals surface area contributed by atoms with E-state index in [1.807, 2.05) is 0 Å². The third-order valence-corrected chi connectivity index (χ3v) is 1.50. The zero-order chi connectivity index (χ0) is 10.4. The molecule has 5 heteroatoms. The SMILES string of the molecule is COC(=O)CC=Cc1ccc(=O)[nH]n1. The number of esters is 1. The lowest BCUT2D eigenvalue weighted by molar-refractivity contribution is -0.139. The number of aromatic nitrogens is 2. The maximum atomic E-state index is 10.7. The summed E-state index contributed by atoms with van der Waals surface area (Å²) in [6, 6.07) is 2.93. The van der Waals surface area contributed by atoms with Crippen molar-refractivity contribution in [1.29, 1.82) is 0 Å². The quantitative estimate of drug-likeness (QED) is 0.704. The third-order valence-electron chi connectivity index (χ3n) is 1.50. The van der Waals surface area contributed by atoms with Crippen molar-refractivity contribution in [2.75, 3.05) is 7.11 Å². The van der Waals surface area contributed by atoms with Crippen LogP contribution in [0.4, 0.5) is 0 Å². The van der Waals surface area contributed by atoms with Crippen LogP contribution in [-0.2, 0) is 9.53 Å². The Morgan fingerprint density at radius 3 is 3.00 bits per heavy atom. The van der Waals surface area contributed by atoms with Gasteiger partial charge in [0.15, 0.2) is 0 Å². The average Bonchev–Trinajstić information content (AvgIpc) is 2.21. The van der Waals surface area contributed by atoms with E-state index in [9.17, 15) is 9.59 Å². The van der Waals surface area contributed by atoms with E-state index in [1.54, 1.807) is 18.2 Å². The summed E-state index contributed by atoms with van der Waals surface area (Å²) in [6.07, 6.45) is 3.44. The van der Waals surface area contributed by atoms with E-state index >= 15 is 0 Å². The number of aromatic amines is 1. The Morgan fingerprint density at radius 2 is 2.43 bits per heavy atom. The van der Waals surface area contributed by atoms with Crippen LogP contribution in [0.1, 0.15) is 12.1 Å². The van der Waals surface area contributed by atoms with Gasteiger partial charge >= 0.3 is 5.97 Å². The van der Waals surface area contributed by atoms with Crippen molar-refractivity contribution in [3.63, 3.8) is 0 Å². The Labute approximate surface area is 80.4 Å². The molecule has 0 aliphatic heterocycles. The first kappa shape index (κ1) is 10.2. The zero-order valence-corrected chi connectivity index (χ0v) is 7.69. The predicted molar refractivity (Wildman–Crippen MR) is 50.5 cm³/mol. The first-order valence-electron chi connectivity index (χ1n) is 4.01. The Hall–Kier alpha value is -1.91. The summed E-state index contributed by atoms with van der Waals surface area (Å²) in [5.41, 5.74) is 0.337. The van der Waals surface area contributed by atoms with Gasteiger partial charge in [0.25, 0.3) is 5.56 Å². The van der Waals surface area contributed by atoms with Crippen LogP contribution in [0, 0.1) is 0 Å². The highest BCUT2D eigenvalue weighted by Gasteiger charge is 1.94. The number of methoxy groups -OCH3 is 1. The molecule has 0 fully saturated rings. The van der Waals surface area contributed by atoms with Crippen molar-refractivity contribution in [1.82, 2.24) is 10.2 Å². The van der Waals surface area contributed by atoms with Crippen LogP contribution in [0.15, 0.2) is 23.0 Å². The maximum Gasteiger partial charge on any atom is 0.309 e. The molecule has 0 aliphatic carbocycles. The number of carbonyl (C=O) groups excluding carboxylic acids is 1. The lowest BCUT2D eigenvalue weighted by Crippen LogP contribution is -2.05. The van der Waals surface area contributed by atoms with Gasteiger partial charge in [0.2, 0.25) is 0 Å². The van der Waals surface area contributed by atoms with Gasteiger partial charge in [-0.05, 0) is 12.1 Å². The summed E-state index contributed by atoms with van der Waals surface area (Å²) in [4.78, 5) is 21.3. The highest BCUT2D eigenvalue weighted by Crippen LogP contribution is 1.95. The molecule has 74 valence electrons. The van der Waals surface area contributed by atoms with E-state index in [0.717, 1.165) is 0 Å².